The number of fused-ring (bicyclic) bond motifs is 1. The van der Waals surface area contributed by atoms with Gasteiger partial charge in [-0.3, -0.25) is 9.59 Å². The minimum atomic E-state index is -0.214. The normalized spacial score (nSPS) is 13.6. The highest BCUT2D eigenvalue weighted by atomic mass is 16.5. The summed E-state index contributed by atoms with van der Waals surface area (Å²) in [6, 6.07) is 22.9. The fourth-order valence-electron chi connectivity index (χ4n) is 4.40. The molecular weight excluding hydrogens is 476 g/mol. The second kappa shape index (κ2) is 12.9. The van der Waals surface area contributed by atoms with Gasteiger partial charge in [0.1, 0.15) is 12.4 Å². The fraction of sp³-hybridized carbons (Fsp3) is 0.290. The second-order valence-corrected chi connectivity index (χ2v) is 9.11. The second-order valence-electron chi connectivity index (χ2n) is 9.11. The Balaban J connectivity index is 1.60. The zero-order valence-corrected chi connectivity index (χ0v) is 22.3. The number of nitrogens with one attached hydrogen (secondary N) is 3. The van der Waals surface area contributed by atoms with Crippen LogP contribution >= 0.6 is 0 Å². The van der Waals surface area contributed by atoms with E-state index >= 15 is 0 Å². The summed E-state index contributed by atoms with van der Waals surface area (Å²) in [7, 11) is 0. The van der Waals surface area contributed by atoms with Crippen molar-refractivity contribution in [2.24, 2.45) is 0 Å². The summed E-state index contributed by atoms with van der Waals surface area (Å²) in [5.74, 6) is 0.436. The first-order valence-electron chi connectivity index (χ1n) is 13.3. The molecule has 0 unspecified atom stereocenters. The lowest BCUT2D eigenvalue weighted by Gasteiger charge is -2.18. The summed E-state index contributed by atoms with van der Waals surface area (Å²) in [5, 5.41) is 9.30. The predicted molar refractivity (Wildman–Crippen MR) is 154 cm³/mol. The van der Waals surface area contributed by atoms with Crippen LogP contribution < -0.4 is 20.7 Å². The van der Waals surface area contributed by atoms with E-state index in [1.165, 1.54) is 0 Å². The van der Waals surface area contributed by atoms with Crippen molar-refractivity contribution in [2.75, 3.05) is 43.4 Å². The minimum Gasteiger partial charge on any atom is -0.492 e. The molecule has 0 saturated heterocycles. The van der Waals surface area contributed by atoms with Crippen molar-refractivity contribution >= 4 is 34.5 Å². The third-order valence-corrected chi connectivity index (χ3v) is 6.57. The Morgan fingerprint density at radius 1 is 0.921 bits per heavy atom. The molecule has 4 rings (SSSR count). The Hall–Kier alpha value is -4.10. The van der Waals surface area contributed by atoms with Gasteiger partial charge in [0.25, 0.3) is 11.8 Å². The Morgan fingerprint density at radius 2 is 1.66 bits per heavy atom. The number of carbonyl (C=O) groups excluding carboxylic acids is 2. The SMILES string of the molecule is CCCNC(=O)c1ccc2c(c1)NC(=O)/C2=C(\Nc1ccc(OCCN(CC)CC)cc1)c1ccccc1. The first-order valence-corrected chi connectivity index (χ1v) is 13.3. The highest BCUT2D eigenvalue weighted by molar-refractivity contribution is 6.37. The van der Waals surface area contributed by atoms with E-state index in [0.29, 0.717) is 35.7 Å². The van der Waals surface area contributed by atoms with Gasteiger partial charge >= 0.3 is 0 Å². The lowest BCUT2D eigenvalue weighted by molar-refractivity contribution is -0.110. The summed E-state index contributed by atoms with van der Waals surface area (Å²) >= 11 is 0. The van der Waals surface area contributed by atoms with Gasteiger partial charge in [-0.15, -0.1) is 0 Å². The molecule has 7 nitrogen and oxygen atoms in total. The van der Waals surface area contributed by atoms with Gasteiger partial charge in [0.05, 0.1) is 11.3 Å². The van der Waals surface area contributed by atoms with Crippen LogP contribution in [-0.4, -0.2) is 49.5 Å². The molecule has 3 N–H and O–H groups in total. The van der Waals surface area contributed by atoms with Crippen LogP contribution in [0.15, 0.2) is 72.8 Å². The zero-order valence-electron chi connectivity index (χ0n) is 22.3. The minimum absolute atomic E-state index is 0.151. The molecule has 3 aromatic rings. The molecule has 1 aliphatic heterocycles. The lowest BCUT2D eigenvalue weighted by Crippen LogP contribution is -2.27. The summed E-state index contributed by atoms with van der Waals surface area (Å²) in [6.45, 7) is 10.4. The number of hydrogen-bond donors (Lipinski definition) is 3. The number of hydrogen-bond acceptors (Lipinski definition) is 5. The number of ether oxygens (including phenoxy) is 1. The van der Waals surface area contributed by atoms with Gasteiger partial charge in [-0.2, -0.15) is 0 Å². The van der Waals surface area contributed by atoms with Crippen LogP contribution in [0.2, 0.25) is 0 Å². The molecule has 0 aromatic heterocycles. The van der Waals surface area contributed by atoms with E-state index in [0.717, 1.165) is 48.6 Å². The van der Waals surface area contributed by atoms with Crippen molar-refractivity contribution in [3.05, 3.63) is 89.5 Å². The molecule has 0 spiro atoms. The molecule has 0 aliphatic carbocycles. The highest BCUT2D eigenvalue weighted by Crippen LogP contribution is 2.38. The van der Waals surface area contributed by atoms with Crippen LogP contribution in [0.25, 0.3) is 11.3 Å². The number of likely N-dealkylation sites (N-methyl/N-ethyl adjacent to an activating group) is 1. The van der Waals surface area contributed by atoms with Gasteiger partial charge in [-0.1, -0.05) is 57.2 Å². The molecule has 2 amide bonds. The van der Waals surface area contributed by atoms with Gasteiger partial charge in [0.2, 0.25) is 0 Å². The Kier molecular flexibility index (Phi) is 9.16. The van der Waals surface area contributed by atoms with Crippen LogP contribution in [-0.2, 0) is 4.79 Å². The van der Waals surface area contributed by atoms with Crippen LogP contribution in [0.1, 0.15) is 48.7 Å². The molecule has 0 radical (unpaired) electrons. The van der Waals surface area contributed by atoms with Crippen LogP contribution in [0.3, 0.4) is 0 Å². The van der Waals surface area contributed by atoms with Crippen molar-refractivity contribution in [2.45, 2.75) is 27.2 Å². The maximum atomic E-state index is 13.2. The molecule has 198 valence electrons. The van der Waals surface area contributed by atoms with Crippen molar-refractivity contribution in [3.63, 3.8) is 0 Å². The number of benzene rings is 3. The van der Waals surface area contributed by atoms with E-state index in [1.54, 1.807) is 12.1 Å². The summed E-state index contributed by atoms with van der Waals surface area (Å²) in [5.41, 5.74) is 4.85. The Morgan fingerprint density at radius 3 is 2.34 bits per heavy atom. The predicted octanol–water partition coefficient (Wildman–Crippen LogP) is 5.48. The maximum Gasteiger partial charge on any atom is 0.258 e. The molecule has 3 aromatic carbocycles. The van der Waals surface area contributed by atoms with Crippen LogP contribution in [0.4, 0.5) is 11.4 Å². The number of amides is 2. The standard InChI is InChI=1S/C31H36N4O3/c1-4-18-32-30(36)23-12-17-26-27(21-23)34-31(37)28(26)29(22-10-8-7-9-11-22)33-24-13-15-25(16-14-24)38-20-19-35(5-2)6-3/h7-17,21,33H,4-6,18-20H2,1-3H3,(H,32,36)(H,34,37)/b29-28-. The molecule has 0 atom stereocenters. The Labute approximate surface area is 224 Å². The van der Waals surface area contributed by atoms with Crippen molar-refractivity contribution in [3.8, 4) is 5.75 Å². The van der Waals surface area contributed by atoms with Gasteiger partial charge in [0.15, 0.2) is 0 Å². The monoisotopic (exact) mass is 512 g/mol. The molecule has 0 saturated carbocycles. The third kappa shape index (κ3) is 6.42. The summed E-state index contributed by atoms with van der Waals surface area (Å²) in [4.78, 5) is 28.0. The van der Waals surface area contributed by atoms with Gasteiger partial charge < -0.3 is 25.6 Å². The Bertz CT molecular complexity index is 1280. The first kappa shape index (κ1) is 26.9. The van der Waals surface area contributed by atoms with Crippen molar-refractivity contribution < 1.29 is 14.3 Å². The molecule has 7 heteroatoms. The molecular formula is C31H36N4O3. The smallest absolute Gasteiger partial charge is 0.258 e. The topological polar surface area (TPSA) is 82.7 Å². The average Bonchev–Trinajstić information content (AvgIpc) is 3.28. The van der Waals surface area contributed by atoms with Crippen LogP contribution in [0, 0.1) is 0 Å². The van der Waals surface area contributed by atoms with Gasteiger partial charge in [0, 0.05) is 35.6 Å². The summed E-state index contributed by atoms with van der Waals surface area (Å²) < 4.78 is 5.92. The van der Waals surface area contributed by atoms with Crippen molar-refractivity contribution in [1.82, 2.24) is 10.2 Å². The quantitative estimate of drug-likeness (QED) is 0.280. The first-order chi connectivity index (χ1) is 18.5. The van der Waals surface area contributed by atoms with Crippen LogP contribution in [0.5, 0.6) is 5.75 Å². The van der Waals surface area contributed by atoms with E-state index in [9.17, 15) is 9.59 Å². The largest absolute Gasteiger partial charge is 0.492 e. The third-order valence-electron chi connectivity index (χ3n) is 6.57. The fourth-order valence-corrected chi connectivity index (χ4v) is 4.40. The average molecular weight is 513 g/mol. The summed E-state index contributed by atoms with van der Waals surface area (Å²) in [6.07, 6.45) is 0.857. The molecule has 0 fully saturated rings. The maximum absolute atomic E-state index is 13.2. The number of anilines is 2. The molecule has 1 heterocycles. The lowest BCUT2D eigenvalue weighted by atomic mass is 9.99. The molecule has 0 bridgehead atoms. The van der Waals surface area contributed by atoms with E-state index < -0.39 is 0 Å². The van der Waals surface area contributed by atoms with E-state index in [4.69, 9.17) is 4.74 Å². The van der Waals surface area contributed by atoms with E-state index in [-0.39, 0.29) is 11.8 Å². The highest BCUT2D eigenvalue weighted by Gasteiger charge is 2.29. The van der Waals surface area contributed by atoms with Gasteiger partial charge in [-0.25, -0.2) is 0 Å². The molecule has 1 aliphatic rings. The number of carbonyl (C=O) groups is 2. The van der Waals surface area contributed by atoms with Crippen molar-refractivity contribution in [1.29, 1.82) is 0 Å². The number of rotatable bonds is 12. The molecule has 38 heavy (non-hydrogen) atoms. The van der Waals surface area contributed by atoms with E-state index in [1.807, 2.05) is 67.6 Å². The zero-order chi connectivity index (χ0) is 26.9. The van der Waals surface area contributed by atoms with E-state index in [2.05, 4.69) is 34.7 Å². The van der Waals surface area contributed by atoms with Gasteiger partial charge in [-0.05, 0) is 61.5 Å². The number of nitrogens with zero attached hydrogens (tertiary/aromatic N) is 1.